The highest BCUT2D eigenvalue weighted by atomic mass is 32.2. The van der Waals surface area contributed by atoms with Crippen LogP contribution in [0.25, 0.3) is 0 Å². The topological polar surface area (TPSA) is 119 Å². The van der Waals surface area contributed by atoms with E-state index in [9.17, 15) is 18.0 Å². The maximum absolute atomic E-state index is 12.1. The Morgan fingerprint density at radius 1 is 1.16 bits per heavy atom. The lowest BCUT2D eigenvalue weighted by atomic mass is 10.0. The summed E-state index contributed by atoms with van der Waals surface area (Å²) in [5, 5.41) is 10.9. The molecule has 0 aliphatic carbocycles. The Hall–Kier alpha value is -2.29. The third kappa shape index (κ3) is 5.93. The first-order chi connectivity index (χ1) is 11.6. The van der Waals surface area contributed by atoms with Crippen LogP contribution in [0.3, 0.4) is 0 Å². The van der Waals surface area contributed by atoms with E-state index in [1.54, 1.807) is 18.2 Å². The van der Waals surface area contributed by atoms with Crippen molar-refractivity contribution in [3.8, 4) is 11.5 Å². The fraction of sp³-hybridized carbons (Fsp3) is 0.500. The smallest absolute Gasteiger partial charge is 0.305 e. The van der Waals surface area contributed by atoms with E-state index in [2.05, 4.69) is 5.32 Å². The molecule has 2 N–H and O–H groups in total. The molecule has 9 heteroatoms. The molecule has 1 rings (SSSR count). The van der Waals surface area contributed by atoms with Crippen molar-refractivity contribution in [1.82, 2.24) is 5.32 Å². The molecule has 0 radical (unpaired) electrons. The normalized spacial score (nSPS) is 12.5. The van der Waals surface area contributed by atoms with Gasteiger partial charge < -0.3 is 19.9 Å². The summed E-state index contributed by atoms with van der Waals surface area (Å²) < 4.78 is 34.0. The molecule has 1 aromatic rings. The second kappa shape index (κ2) is 8.70. The number of nitrogens with one attached hydrogen (secondary N) is 1. The molecule has 1 aromatic carbocycles. The number of carboxylic acid groups (broad SMARTS) is 1. The van der Waals surface area contributed by atoms with Crippen LogP contribution in [0, 0.1) is 0 Å². The Labute approximate surface area is 147 Å². The zero-order chi connectivity index (χ0) is 19.2. The molecular weight excluding hydrogens is 350 g/mol. The van der Waals surface area contributed by atoms with Gasteiger partial charge in [0.05, 0.1) is 31.9 Å². The molecule has 25 heavy (non-hydrogen) atoms. The van der Waals surface area contributed by atoms with Gasteiger partial charge in [0.15, 0.2) is 21.3 Å². The van der Waals surface area contributed by atoms with E-state index in [4.69, 9.17) is 14.6 Å². The lowest BCUT2D eigenvalue weighted by Gasteiger charge is -2.19. The van der Waals surface area contributed by atoms with Gasteiger partial charge in [-0.1, -0.05) is 6.07 Å². The Morgan fingerprint density at radius 2 is 1.76 bits per heavy atom. The average Bonchev–Trinajstić information content (AvgIpc) is 2.52. The number of carboxylic acids is 1. The number of carbonyl (C=O) groups is 2. The quantitative estimate of drug-likeness (QED) is 0.666. The Balaban J connectivity index is 3.06. The first-order valence-corrected chi connectivity index (χ1v) is 9.27. The van der Waals surface area contributed by atoms with Crippen LogP contribution >= 0.6 is 0 Å². The second-order valence-electron chi connectivity index (χ2n) is 5.69. The molecule has 0 aliphatic heterocycles. The van der Waals surface area contributed by atoms with Crippen LogP contribution in [0.5, 0.6) is 11.5 Å². The molecule has 140 valence electrons. The van der Waals surface area contributed by atoms with Gasteiger partial charge in [0.1, 0.15) is 5.75 Å². The van der Waals surface area contributed by atoms with Gasteiger partial charge in [-0.15, -0.1) is 0 Å². The van der Waals surface area contributed by atoms with Crippen LogP contribution in [-0.4, -0.2) is 50.6 Å². The minimum Gasteiger partial charge on any atom is -0.493 e. The van der Waals surface area contributed by atoms with Crippen molar-refractivity contribution in [2.24, 2.45) is 0 Å². The third-order valence-corrected chi connectivity index (χ3v) is 5.68. The molecule has 0 heterocycles. The van der Waals surface area contributed by atoms with E-state index in [0.717, 1.165) is 0 Å². The van der Waals surface area contributed by atoms with Gasteiger partial charge in [-0.05, 0) is 31.5 Å². The van der Waals surface area contributed by atoms with Gasteiger partial charge in [-0.3, -0.25) is 9.59 Å². The van der Waals surface area contributed by atoms with Crippen LogP contribution in [-0.2, 0) is 19.4 Å². The maximum atomic E-state index is 12.1. The summed E-state index contributed by atoms with van der Waals surface area (Å²) >= 11 is 0. The van der Waals surface area contributed by atoms with Crippen LogP contribution in [0.15, 0.2) is 18.2 Å². The lowest BCUT2D eigenvalue weighted by molar-refractivity contribution is -0.137. The zero-order valence-corrected chi connectivity index (χ0v) is 15.4. The average molecular weight is 373 g/mol. The molecule has 0 fully saturated rings. The number of ether oxygens (including phenoxy) is 2. The van der Waals surface area contributed by atoms with Crippen LogP contribution in [0.1, 0.15) is 31.9 Å². The van der Waals surface area contributed by atoms with Crippen molar-refractivity contribution in [3.63, 3.8) is 0 Å². The van der Waals surface area contributed by atoms with Crippen LogP contribution < -0.4 is 14.8 Å². The number of carbonyl (C=O) groups excluding carboxylic acids is 1. The molecule has 1 unspecified atom stereocenters. The number of hydrogen-bond acceptors (Lipinski definition) is 6. The maximum Gasteiger partial charge on any atom is 0.305 e. The number of rotatable bonds is 9. The molecular formula is C16H23NO7S. The highest BCUT2D eigenvalue weighted by Gasteiger charge is 2.25. The highest BCUT2D eigenvalue weighted by Crippen LogP contribution is 2.31. The number of methoxy groups -OCH3 is 2. The molecule has 0 saturated carbocycles. The van der Waals surface area contributed by atoms with Gasteiger partial charge in [0.25, 0.3) is 0 Å². The van der Waals surface area contributed by atoms with Gasteiger partial charge in [0, 0.05) is 0 Å². The third-order valence-electron chi connectivity index (χ3n) is 3.57. The lowest BCUT2D eigenvalue weighted by Crippen LogP contribution is -2.36. The van der Waals surface area contributed by atoms with E-state index >= 15 is 0 Å². The Bertz CT molecular complexity index is 728. The van der Waals surface area contributed by atoms with E-state index in [-0.39, 0.29) is 0 Å². The summed E-state index contributed by atoms with van der Waals surface area (Å²) in [6.45, 7) is 2.96. The second-order valence-corrected chi connectivity index (χ2v) is 8.25. The van der Waals surface area contributed by atoms with Gasteiger partial charge in [-0.2, -0.15) is 0 Å². The van der Waals surface area contributed by atoms with Crippen molar-refractivity contribution in [3.05, 3.63) is 23.8 Å². The number of sulfone groups is 1. The molecule has 1 amide bonds. The standard InChI is InChI=1S/C16H23NO7S/c1-10(2)25(21,22)9-15(18)17-12(8-16(19)20)11-5-6-13(23-3)14(7-11)24-4/h5-7,10,12H,8-9H2,1-4H3,(H,17,18)(H,19,20). The summed E-state index contributed by atoms with van der Waals surface area (Å²) in [5.74, 6) is -1.76. The van der Waals surface area contributed by atoms with E-state index in [0.29, 0.717) is 17.1 Å². The minimum absolute atomic E-state index is 0.374. The summed E-state index contributed by atoms with van der Waals surface area (Å²) in [5.41, 5.74) is 0.468. The summed E-state index contributed by atoms with van der Waals surface area (Å²) in [6, 6.07) is 3.82. The van der Waals surface area contributed by atoms with Crippen molar-refractivity contribution >= 4 is 21.7 Å². The molecule has 0 spiro atoms. The fourth-order valence-corrected chi connectivity index (χ4v) is 2.86. The molecule has 0 bridgehead atoms. The Morgan fingerprint density at radius 3 is 2.24 bits per heavy atom. The number of hydrogen-bond donors (Lipinski definition) is 2. The van der Waals surface area contributed by atoms with Crippen molar-refractivity contribution in [2.45, 2.75) is 31.6 Å². The summed E-state index contributed by atoms with van der Waals surface area (Å²) in [4.78, 5) is 23.2. The number of benzene rings is 1. The van der Waals surface area contributed by atoms with E-state index in [1.807, 2.05) is 0 Å². The Kier molecular flexibility index (Phi) is 7.22. The summed E-state index contributed by atoms with van der Waals surface area (Å²) in [7, 11) is -0.686. The van der Waals surface area contributed by atoms with Crippen molar-refractivity contribution in [1.29, 1.82) is 0 Å². The zero-order valence-electron chi connectivity index (χ0n) is 14.6. The predicted molar refractivity (Wildman–Crippen MR) is 91.6 cm³/mol. The van der Waals surface area contributed by atoms with Gasteiger partial charge in [0.2, 0.25) is 5.91 Å². The highest BCUT2D eigenvalue weighted by molar-refractivity contribution is 7.92. The first-order valence-electron chi connectivity index (χ1n) is 7.55. The molecule has 1 atom stereocenters. The van der Waals surface area contributed by atoms with E-state index in [1.165, 1.54) is 28.1 Å². The predicted octanol–water partition coefficient (Wildman–Crippen LogP) is 1.16. The van der Waals surface area contributed by atoms with Crippen molar-refractivity contribution < 1.29 is 32.6 Å². The molecule has 0 aromatic heterocycles. The molecule has 0 saturated heterocycles. The van der Waals surface area contributed by atoms with Gasteiger partial charge in [-0.25, -0.2) is 8.42 Å². The summed E-state index contributed by atoms with van der Waals surface area (Å²) in [6.07, 6.45) is -0.400. The van der Waals surface area contributed by atoms with Gasteiger partial charge >= 0.3 is 5.97 Å². The molecule has 8 nitrogen and oxygen atoms in total. The fourth-order valence-electron chi connectivity index (χ4n) is 2.08. The number of aliphatic carboxylic acids is 1. The van der Waals surface area contributed by atoms with E-state index < -0.39 is 45.2 Å². The van der Waals surface area contributed by atoms with Crippen molar-refractivity contribution in [2.75, 3.05) is 20.0 Å². The molecule has 0 aliphatic rings. The van der Waals surface area contributed by atoms with Crippen LogP contribution in [0.2, 0.25) is 0 Å². The largest absolute Gasteiger partial charge is 0.493 e. The van der Waals surface area contributed by atoms with Crippen LogP contribution in [0.4, 0.5) is 0 Å². The minimum atomic E-state index is -3.58. The number of amides is 1. The SMILES string of the molecule is COc1ccc(C(CC(=O)O)NC(=O)CS(=O)(=O)C(C)C)cc1OC. The first kappa shape index (κ1) is 20.8. The monoisotopic (exact) mass is 373 g/mol.